The molecule has 2 heteroatoms. The second-order valence-corrected chi connectivity index (χ2v) is 19.3. The Labute approximate surface area is 357 Å². The molecule has 7 aromatic carbocycles. The molecule has 1 spiro atoms. The molecule has 300 valence electrons. The number of fused-ring (bicyclic) bond motifs is 2. The molecule has 0 amide bonds. The summed E-state index contributed by atoms with van der Waals surface area (Å²) < 4.78 is 0. The van der Waals surface area contributed by atoms with E-state index in [4.69, 9.17) is 0 Å². The van der Waals surface area contributed by atoms with E-state index in [0.717, 1.165) is 30.6 Å². The van der Waals surface area contributed by atoms with Crippen molar-refractivity contribution in [3.05, 3.63) is 175 Å². The van der Waals surface area contributed by atoms with Crippen LogP contribution in [-0.2, 0) is 5.41 Å². The van der Waals surface area contributed by atoms with Crippen molar-refractivity contribution in [2.45, 2.75) is 89.9 Å². The largest absolute Gasteiger partial charge is 0.310 e. The van der Waals surface area contributed by atoms with Crippen LogP contribution in [0.4, 0.5) is 34.1 Å². The molecule has 0 N–H and O–H groups in total. The third kappa shape index (κ3) is 6.46. The Morgan fingerprint density at radius 2 is 1.07 bits per heavy atom. The summed E-state index contributed by atoms with van der Waals surface area (Å²) >= 11 is 0. The van der Waals surface area contributed by atoms with E-state index in [1.807, 2.05) is 0 Å². The third-order valence-corrected chi connectivity index (χ3v) is 15.0. The van der Waals surface area contributed by atoms with Gasteiger partial charge in [-0.05, 0) is 191 Å². The molecule has 2 nitrogen and oxygen atoms in total. The van der Waals surface area contributed by atoms with Crippen molar-refractivity contribution in [2.75, 3.05) is 9.80 Å². The van der Waals surface area contributed by atoms with Crippen LogP contribution in [-0.4, -0.2) is 0 Å². The molecule has 5 aliphatic rings. The van der Waals surface area contributed by atoms with E-state index in [-0.39, 0.29) is 5.41 Å². The van der Waals surface area contributed by atoms with Crippen molar-refractivity contribution in [1.82, 2.24) is 0 Å². The standard InChI is InChI=1S/C58H58N2/c1-3-17-44(32-42-18-16-19-42)55-51-30-28-50(60(47-24-12-6-13-25-47)48-26-14-7-15-27-48)34-54(51)56(58-36-41(2)35-57(40-58)37-43(38-57)39-58)52-31-29-49(33-53(52)55)59(45-20-8-4-9-21-45)46-22-10-5-11-23-46/h4-15,17,20-31,33-34,41-43H,3,16,18-19,32,35-40H2,1-2H3/b44-17+. The summed E-state index contributed by atoms with van der Waals surface area (Å²) in [6.45, 7) is 4.91. The van der Waals surface area contributed by atoms with Gasteiger partial charge in [-0.1, -0.05) is 124 Å². The van der Waals surface area contributed by atoms with Gasteiger partial charge in [0.2, 0.25) is 0 Å². The van der Waals surface area contributed by atoms with Crippen molar-refractivity contribution in [3.8, 4) is 0 Å². The maximum atomic E-state index is 2.62. The first kappa shape index (κ1) is 37.4. The molecule has 5 fully saturated rings. The zero-order valence-corrected chi connectivity index (χ0v) is 35.5. The van der Waals surface area contributed by atoms with Crippen LogP contribution in [0.5, 0.6) is 0 Å². The lowest BCUT2D eigenvalue weighted by molar-refractivity contribution is -0.105. The minimum atomic E-state index is 0.152. The fourth-order valence-corrected chi connectivity index (χ4v) is 13.1. The van der Waals surface area contributed by atoms with Crippen LogP contribution in [0.1, 0.15) is 95.6 Å². The fraction of sp³-hybridized carbons (Fsp3) is 0.310. The van der Waals surface area contributed by atoms with Crippen LogP contribution in [0.25, 0.3) is 27.1 Å². The zero-order chi connectivity index (χ0) is 40.3. The minimum Gasteiger partial charge on any atom is -0.310 e. The molecule has 12 rings (SSSR count). The number of nitrogens with zero attached hydrogens (tertiary/aromatic N) is 2. The normalized spacial score (nSPS) is 23.5. The quantitative estimate of drug-likeness (QED) is 0.121. The molecule has 3 bridgehead atoms. The zero-order valence-electron chi connectivity index (χ0n) is 35.5. The van der Waals surface area contributed by atoms with Crippen LogP contribution in [0.15, 0.2) is 164 Å². The summed E-state index contributed by atoms with van der Waals surface area (Å²) in [7, 11) is 0. The van der Waals surface area contributed by atoms with Crippen molar-refractivity contribution >= 4 is 61.2 Å². The lowest BCUT2D eigenvalue weighted by atomic mass is 9.39. The van der Waals surface area contributed by atoms with Crippen molar-refractivity contribution in [2.24, 2.45) is 23.2 Å². The molecule has 2 unspecified atom stereocenters. The van der Waals surface area contributed by atoms with Gasteiger partial charge in [-0.15, -0.1) is 0 Å². The number of para-hydroxylation sites is 4. The highest BCUT2D eigenvalue weighted by Crippen LogP contribution is 2.70. The summed E-state index contributed by atoms with van der Waals surface area (Å²) in [6, 6.07) is 59.2. The molecule has 0 saturated heterocycles. The first-order valence-corrected chi connectivity index (χ1v) is 23.0. The van der Waals surface area contributed by atoms with E-state index >= 15 is 0 Å². The summed E-state index contributed by atoms with van der Waals surface area (Å²) in [5.41, 5.74) is 12.5. The summed E-state index contributed by atoms with van der Waals surface area (Å²) in [5, 5.41) is 5.82. The van der Waals surface area contributed by atoms with Gasteiger partial charge < -0.3 is 9.80 Å². The highest BCUT2D eigenvalue weighted by Gasteiger charge is 2.60. The SMILES string of the molecule is CC/C=C(\CC1CCC1)c1c2cc(N(c3ccccc3)c3ccccc3)ccc2c(C23CC(C)CC4(CC(C4)C2)C3)c2cc(N(c3ccccc3)c3ccccc3)ccc12. The first-order chi connectivity index (χ1) is 29.5. The number of anilines is 6. The molecule has 60 heavy (non-hydrogen) atoms. The van der Waals surface area contributed by atoms with Gasteiger partial charge in [0, 0.05) is 34.1 Å². The number of hydrogen-bond donors (Lipinski definition) is 0. The average molecular weight is 783 g/mol. The maximum Gasteiger partial charge on any atom is 0.0468 e. The van der Waals surface area contributed by atoms with Gasteiger partial charge in [-0.25, -0.2) is 0 Å². The summed E-state index contributed by atoms with van der Waals surface area (Å²) in [5.74, 6) is 2.32. The molecule has 0 heterocycles. The van der Waals surface area contributed by atoms with Gasteiger partial charge in [-0.3, -0.25) is 0 Å². The molecule has 0 aromatic heterocycles. The number of rotatable bonds is 11. The molecule has 2 atom stereocenters. The maximum absolute atomic E-state index is 2.62. The Morgan fingerprint density at radius 3 is 1.57 bits per heavy atom. The predicted octanol–water partition coefficient (Wildman–Crippen LogP) is 16.8. The highest BCUT2D eigenvalue weighted by molar-refractivity contribution is 6.14. The van der Waals surface area contributed by atoms with Gasteiger partial charge in [0.05, 0.1) is 0 Å². The molecular formula is C58H58N2. The van der Waals surface area contributed by atoms with E-state index in [0.29, 0.717) is 5.41 Å². The topological polar surface area (TPSA) is 6.48 Å². The Bertz CT molecular complexity index is 2590. The Morgan fingerprint density at radius 1 is 0.550 bits per heavy atom. The second-order valence-electron chi connectivity index (χ2n) is 19.3. The van der Waals surface area contributed by atoms with Crippen LogP contribution in [0, 0.1) is 23.2 Å². The fourth-order valence-electron chi connectivity index (χ4n) is 13.1. The molecule has 5 saturated carbocycles. The van der Waals surface area contributed by atoms with Crippen LogP contribution in [0.2, 0.25) is 0 Å². The van der Waals surface area contributed by atoms with E-state index in [1.54, 1.807) is 11.1 Å². The van der Waals surface area contributed by atoms with Gasteiger partial charge in [0.25, 0.3) is 0 Å². The third-order valence-electron chi connectivity index (χ3n) is 15.0. The Hall–Kier alpha value is -5.60. The second kappa shape index (κ2) is 15.1. The molecule has 7 aromatic rings. The molecule has 0 aliphatic heterocycles. The van der Waals surface area contributed by atoms with Crippen LogP contribution in [0.3, 0.4) is 0 Å². The van der Waals surface area contributed by atoms with E-state index in [9.17, 15) is 0 Å². The van der Waals surface area contributed by atoms with Crippen molar-refractivity contribution in [1.29, 1.82) is 0 Å². The molecule has 0 radical (unpaired) electrons. The Kier molecular flexibility index (Phi) is 9.44. The van der Waals surface area contributed by atoms with Gasteiger partial charge in [0.1, 0.15) is 0 Å². The summed E-state index contributed by atoms with van der Waals surface area (Å²) in [4.78, 5) is 4.95. The van der Waals surface area contributed by atoms with Gasteiger partial charge in [-0.2, -0.15) is 0 Å². The lowest BCUT2D eigenvalue weighted by Gasteiger charge is -2.65. The lowest BCUT2D eigenvalue weighted by Crippen LogP contribution is -2.56. The van der Waals surface area contributed by atoms with E-state index in [2.05, 4.69) is 187 Å². The van der Waals surface area contributed by atoms with Crippen molar-refractivity contribution < 1.29 is 0 Å². The highest BCUT2D eigenvalue weighted by atomic mass is 15.1. The minimum absolute atomic E-state index is 0.152. The summed E-state index contributed by atoms with van der Waals surface area (Å²) in [6.07, 6.45) is 17.0. The predicted molar refractivity (Wildman–Crippen MR) is 256 cm³/mol. The van der Waals surface area contributed by atoms with Crippen LogP contribution >= 0.6 is 0 Å². The van der Waals surface area contributed by atoms with Gasteiger partial charge in [0.15, 0.2) is 0 Å². The molecular weight excluding hydrogens is 725 g/mol. The van der Waals surface area contributed by atoms with Crippen molar-refractivity contribution in [3.63, 3.8) is 0 Å². The monoisotopic (exact) mass is 782 g/mol. The molecule has 5 aliphatic carbocycles. The number of benzene rings is 7. The first-order valence-electron chi connectivity index (χ1n) is 23.0. The number of hydrogen-bond acceptors (Lipinski definition) is 2. The van der Waals surface area contributed by atoms with Gasteiger partial charge >= 0.3 is 0 Å². The Balaban J connectivity index is 1.23. The van der Waals surface area contributed by atoms with E-state index < -0.39 is 0 Å². The average Bonchev–Trinajstić information content (AvgIpc) is 3.24. The number of allylic oxidation sites excluding steroid dienone is 2. The smallest absolute Gasteiger partial charge is 0.0468 e. The van der Waals surface area contributed by atoms with Crippen LogP contribution < -0.4 is 9.80 Å². The van der Waals surface area contributed by atoms with E-state index in [1.165, 1.54) is 119 Å².